The molecule has 0 unspecified atom stereocenters. The van der Waals surface area contributed by atoms with Gasteiger partial charge in [-0.3, -0.25) is 9.59 Å². The number of rotatable bonds is 8. The van der Waals surface area contributed by atoms with Gasteiger partial charge in [0.1, 0.15) is 18.6 Å². The summed E-state index contributed by atoms with van der Waals surface area (Å²) in [5.41, 5.74) is 2.45. The third kappa shape index (κ3) is 5.89. The van der Waals surface area contributed by atoms with Crippen molar-refractivity contribution in [3.8, 4) is 0 Å². The second-order valence-corrected chi connectivity index (χ2v) is 7.43. The summed E-state index contributed by atoms with van der Waals surface area (Å²) in [5, 5.41) is 15.6. The fourth-order valence-electron chi connectivity index (χ4n) is 2.91. The highest BCUT2D eigenvalue weighted by molar-refractivity contribution is 6.42. The van der Waals surface area contributed by atoms with E-state index in [2.05, 4.69) is 10.6 Å². The van der Waals surface area contributed by atoms with Crippen molar-refractivity contribution in [1.82, 2.24) is 15.5 Å². The molecule has 0 bridgehead atoms. The van der Waals surface area contributed by atoms with E-state index in [4.69, 9.17) is 33.0 Å². The predicted octanol–water partition coefficient (Wildman–Crippen LogP) is 2.62. The molecular weight excluding hydrogens is 429 g/mol. The van der Waals surface area contributed by atoms with Gasteiger partial charge in [-0.15, -0.1) is 0 Å². The van der Waals surface area contributed by atoms with Gasteiger partial charge in [-0.2, -0.15) is 0 Å². The molecule has 1 heterocycles. The summed E-state index contributed by atoms with van der Waals surface area (Å²) in [6.07, 6.45) is 8.48. The average molecular weight is 450 g/mol. The maximum absolute atomic E-state index is 12.0. The molecular formula is C21H21Cl2N3O4. The third-order valence-corrected chi connectivity index (χ3v) is 5.18. The van der Waals surface area contributed by atoms with Crippen LogP contribution in [0.4, 0.5) is 0 Å². The van der Waals surface area contributed by atoms with Crippen molar-refractivity contribution in [2.24, 2.45) is 0 Å². The van der Waals surface area contributed by atoms with Crippen LogP contribution in [-0.2, 0) is 20.9 Å². The molecule has 9 heteroatoms. The van der Waals surface area contributed by atoms with E-state index in [0.29, 0.717) is 35.4 Å². The van der Waals surface area contributed by atoms with Crippen molar-refractivity contribution < 1.29 is 19.4 Å². The fraction of sp³-hybridized carbons (Fsp3) is 0.238. The van der Waals surface area contributed by atoms with E-state index in [0.717, 1.165) is 16.8 Å². The molecule has 0 atom stereocenters. The quantitative estimate of drug-likeness (QED) is 0.564. The second kappa shape index (κ2) is 10.3. The van der Waals surface area contributed by atoms with Crippen LogP contribution >= 0.6 is 23.2 Å². The number of halogens is 2. The van der Waals surface area contributed by atoms with Gasteiger partial charge in [0.15, 0.2) is 5.78 Å². The van der Waals surface area contributed by atoms with Crippen LogP contribution in [0.2, 0.25) is 10.0 Å². The van der Waals surface area contributed by atoms with Gasteiger partial charge in [0.2, 0.25) is 5.91 Å². The van der Waals surface area contributed by atoms with Gasteiger partial charge >= 0.3 is 0 Å². The molecule has 1 aliphatic heterocycles. The zero-order chi connectivity index (χ0) is 21.5. The van der Waals surface area contributed by atoms with Crippen LogP contribution in [0.25, 0.3) is 0 Å². The number of aliphatic hydroxyl groups excluding tert-OH is 1. The van der Waals surface area contributed by atoms with Gasteiger partial charge in [-0.05, 0) is 29.8 Å². The molecule has 1 aromatic rings. The van der Waals surface area contributed by atoms with Crippen molar-refractivity contribution in [2.45, 2.75) is 13.0 Å². The first-order valence-corrected chi connectivity index (χ1v) is 10.0. The molecule has 1 amide bonds. The molecule has 0 fully saturated rings. The number of benzene rings is 1. The summed E-state index contributed by atoms with van der Waals surface area (Å²) in [4.78, 5) is 25.0. The molecule has 1 aliphatic carbocycles. The molecule has 0 radical (unpaired) electrons. The van der Waals surface area contributed by atoms with E-state index in [1.54, 1.807) is 30.6 Å². The summed E-state index contributed by atoms with van der Waals surface area (Å²) < 4.78 is 5.65. The number of hydrogen-bond acceptors (Lipinski definition) is 6. The number of carbonyl (C=O) groups excluding carboxylic acids is 2. The lowest BCUT2D eigenvalue weighted by Crippen LogP contribution is -2.33. The highest BCUT2D eigenvalue weighted by Gasteiger charge is 2.21. The number of carbonyl (C=O) groups is 2. The molecule has 3 rings (SSSR count). The number of aliphatic hydroxyl groups is 1. The van der Waals surface area contributed by atoms with E-state index < -0.39 is 12.5 Å². The van der Waals surface area contributed by atoms with Gasteiger partial charge in [-0.1, -0.05) is 29.3 Å². The number of nitrogens with one attached hydrogen (secondary N) is 2. The van der Waals surface area contributed by atoms with Crippen LogP contribution in [0.3, 0.4) is 0 Å². The summed E-state index contributed by atoms with van der Waals surface area (Å²) in [6, 6.07) is 5.40. The summed E-state index contributed by atoms with van der Waals surface area (Å²) >= 11 is 12.0. The Kier molecular flexibility index (Phi) is 7.57. The fourth-order valence-corrected chi connectivity index (χ4v) is 3.23. The molecule has 3 N–H and O–H groups in total. The van der Waals surface area contributed by atoms with E-state index in [1.165, 1.54) is 12.3 Å². The van der Waals surface area contributed by atoms with E-state index >= 15 is 0 Å². The smallest absolute Gasteiger partial charge is 0.245 e. The third-order valence-electron chi connectivity index (χ3n) is 4.44. The SMILES string of the molecule is O=C1C=CC(NCc2ccc(Cl)c(Cl)c2)=C(C2=CN(CCNC(=O)CO)C=CO2)C1. The maximum atomic E-state index is 12.0. The number of allylic oxidation sites excluding steroid dienone is 3. The molecule has 30 heavy (non-hydrogen) atoms. The Balaban J connectivity index is 1.72. The maximum Gasteiger partial charge on any atom is 0.245 e. The minimum Gasteiger partial charge on any atom is -0.462 e. The topological polar surface area (TPSA) is 90.9 Å². The van der Waals surface area contributed by atoms with Crippen LogP contribution in [0.5, 0.6) is 0 Å². The minimum absolute atomic E-state index is 0.0223. The van der Waals surface area contributed by atoms with Crippen LogP contribution in [-0.4, -0.2) is 41.4 Å². The van der Waals surface area contributed by atoms with E-state index in [-0.39, 0.29) is 12.2 Å². The Labute approximate surface area is 184 Å². The van der Waals surface area contributed by atoms with Gasteiger partial charge in [-0.25, -0.2) is 0 Å². The molecule has 0 saturated carbocycles. The molecule has 1 aromatic carbocycles. The number of ether oxygens (including phenoxy) is 1. The predicted molar refractivity (Wildman–Crippen MR) is 114 cm³/mol. The molecule has 2 aliphatic rings. The zero-order valence-corrected chi connectivity index (χ0v) is 17.5. The normalized spacial score (nSPS) is 15.8. The monoisotopic (exact) mass is 449 g/mol. The van der Waals surface area contributed by atoms with Crippen molar-refractivity contribution in [3.05, 3.63) is 81.7 Å². The van der Waals surface area contributed by atoms with E-state index in [1.807, 2.05) is 11.0 Å². The first-order valence-electron chi connectivity index (χ1n) is 9.27. The molecule has 0 spiro atoms. The largest absolute Gasteiger partial charge is 0.462 e. The Morgan fingerprint density at radius 3 is 2.83 bits per heavy atom. The first-order chi connectivity index (χ1) is 14.5. The summed E-state index contributed by atoms with van der Waals surface area (Å²) in [5.74, 6) is 0.0853. The van der Waals surface area contributed by atoms with Crippen molar-refractivity contribution in [1.29, 1.82) is 0 Å². The highest BCUT2D eigenvalue weighted by atomic mass is 35.5. The first kappa shape index (κ1) is 22.0. The number of amides is 1. The summed E-state index contributed by atoms with van der Waals surface area (Å²) in [7, 11) is 0. The van der Waals surface area contributed by atoms with Crippen molar-refractivity contribution >= 4 is 34.9 Å². The van der Waals surface area contributed by atoms with Gasteiger partial charge in [0.05, 0.1) is 10.0 Å². The second-order valence-electron chi connectivity index (χ2n) is 6.61. The highest BCUT2D eigenvalue weighted by Crippen LogP contribution is 2.27. The standard InChI is InChI=1S/C21H21Cl2N3O4/c22-17-3-1-14(9-18(17)23)11-25-19-4-2-15(28)10-16(19)20-12-26(7-8-30-20)6-5-24-21(29)13-27/h1-4,7-9,12,25,27H,5-6,10-11,13H2,(H,24,29). The van der Waals surface area contributed by atoms with Crippen LogP contribution in [0, 0.1) is 0 Å². The lowest BCUT2D eigenvalue weighted by Gasteiger charge is -2.25. The van der Waals surface area contributed by atoms with Crippen molar-refractivity contribution in [3.63, 3.8) is 0 Å². The Bertz CT molecular complexity index is 954. The Hall–Kier alpha value is -2.74. The number of nitrogens with zero attached hydrogens (tertiary/aromatic N) is 1. The van der Waals surface area contributed by atoms with Gasteiger partial charge in [0, 0.05) is 49.7 Å². The lowest BCUT2D eigenvalue weighted by atomic mass is 9.99. The molecule has 7 nitrogen and oxygen atoms in total. The van der Waals surface area contributed by atoms with Crippen LogP contribution in [0.15, 0.2) is 66.0 Å². The number of ketones is 1. The lowest BCUT2D eigenvalue weighted by molar-refractivity contribution is -0.123. The van der Waals surface area contributed by atoms with Gasteiger partial charge in [0.25, 0.3) is 0 Å². The minimum atomic E-state index is -0.546. The van der Waals surface area contributed by atoms with E-state index in [9.17, 15) is 9.59 Å². The van der Waals surface area contributed by atoms with Crippen molar-refractivity contribution in [2.75, 3.05) is 19.7 Å². The Morgan fingerprint density at radius 2 is 2.07 bits per heavy atom. The average Bonchev–Trinajstić information content (AvgIpc) is 2.75. The number of hydrogen-bond donors (Lipinski definition) is 3. The molecule has 0 aromatic heterocycles. The zero-order valence-electron chi connectivity index (χ0n) is 16.0. The summed E-state index contributed by atoms with van der Waals surface area (Å²) in [6.45, 7) is 0.787. The van der Waals surface area contributed by atoms with Crippen LogP contribution in [0.1, 0.15) is 12.0 Å². The van der Waals surface area contributed by atoms with Crippen LogP contribution < -0.4 is 10.6 Å². The molecule has 0 saturated heterocycles. The molecule has 158 valence electrons. The Morgan fingerprint density at radius 1 is 1.23 bits per heavy atom. The van der Waals surface area contributed by atoms with Gasteiger partial charge < -0.3 is 25.4 Å².